The summed E-state index contributed by atoms with van der Waals surface area (Å²) in [6.07, 6.45) is 0.0616. The van der Waals surface area contributed by atoms with Crippen LogP contribution in [0.1, 0.15) is 25.3 Å². The number of carboxylic acid groups (broad SMARTS) is 1. The van der Waals surface area contributed by atoms with Gasteiger partial charge in [-0.05, 0) is 19.4 Å². The third-order valence-electron chi connectivity index (χ3n) is 2.98. The molecular weight excluding hydrogens is 239 g/mol. The minimum atomic E-state index is -1.13. The average molecular weight is 254 g/mol. The fraction of sp³-hybridized carbons (Fsp3) is 0.462. The maximum atomic E-state index is 13.7. The molecule has 0 aromatic heterocycles. The first-order chi connectivity index (χ1) is 8.51. The molecule has 98 valence electrons. The van der Waals surface area contributed by atoms with E-state index in [9.17, 15) is 9.18 Å². The molecule has 1 aliphatic heterocycles. The average Bonchev–Trinajstić information content (AvgIpc) is 2.70. The molecule has 1 fully saturated rings. The van der Waals surface area contributed by atoms with Crippen LogP contribution < -0.4 is 0 Å². The molecule has 2 rings (SSSR count). The van der Waals surface area contributed by atoms with Gasteiger partial charge >= 0.3 is 5.97 Å². The third kappa shape index (κ3) is 2.68. The molecule has 4 nitrogen and oxygen atoms in total. The van der Waals surface area contributed by atoms with Gasteiger partial charge in [0.05, 0.1) is 12.7 Å². The number of aliphatic carboxylic acids is 1. The van der Waals surface area contributed by atoms with Gasteiger partial charge in [-0.1, -0.05) is 18.2 Å². The lowest BCUT2D eigenvalue weighted by molar-refractivity contribution is -0.165. The highest BCUT2D eigenvalue weighted by Crippen LogP contribution is 2.36. The molecule has 2 atom stereocenters. The second kappa shape index (κ2) is 5.04. The maximum absolute atomic E-state index is 13.7. The predicted octanol–water partition coefficient (Wildman–Crippen LogP) is 2.28. The van der Waals surface area contributed by atoms with E-state index in [1.165, 1.54) is 6.07 Å². The summed E-state index contributed by atoms with van der Waals surface area (Å²) < 4.78 is 24.8. The molecule has 2 unspecified atom stereocenters. The summed E-state index contributed by atoms with van der Waals surface area (Å²) in [4.78, 5) is 10.5. The van der Waals surface area contributed by atoms with E-state index in [1.54, 1.807) is 25.1 Å². The second-order valence-electron chi connectivity index (χ2n) is 4.41. The number of carbonyl (C=O) groups is 1. The normalized spacial score (nSPS) is 27.3. The zero-order chi connectivity index (χ0) is 13.2. The molecule has 1 aromatic rings. The smallest absolute Gasteiger partial charge is 0.303 e. The van der Waals surface area contributed by atoms with Crippen molar-refractivity contribution in [2.45, 2.75) is 31.7 Å². The zero-order valence-electron chi connectivity index (χ0n) is 10.1. The van der Waals surface area contributed by atoms with Crippen LogP contribution in [0, 0.1) is 5.82 Å². The lowest BCUT2D eigenvalue weighted by Crippen LogP contribution is -2.25. The van der Waals surface area contributed by atoms with E-state index in [4.69, 9.17) is 14.6 Å². The van der Waals surface area contributed by atoms with Crippen LogP contribution in [0.15, 0.2) is 24.3 Å². The molecule has 0 amide bonds. The van der Waals surface area contributed by atoms with Crippen LogP contribution in [0.2, 0.25) is 0 Å². The van der Waals surface area contributed by atoms with E-state index in [-0.39, 0.29) is 24.9 Å². The summed E-state index contributed by atoms with van der Waals surface area (Å²) in [5.41, 5.74) is 0.336. The monoisotopic (exact) mass is 254 g/mol. The van der Waals surface area contributed by atoms with Gasteiger partial charge in [-0.25, -0.2) is 4.39 Å². The first kappa shape index (κ1) is 13.0. The summed E-state index contributed by atoms with van der Waals surface area (Å²) >= 11 is 0. The van der Waals surface area contributed by atoms with Gasteiger partial charge in [-0.3, -0.25) is 4.79 Å². The van der Waals surface area contributed by atoms with Crippen molar-refractivity contribution in [3.05, 3.63) is 35.6 Å². The van der Waals surface area contributed by atoms with E-state index in [0.29, 0.717) is 12.0 Å². The Morgan fingerprint density at radius 3 is 2.94 bits per heavy atom. The molecular formula is C13H15FO4. The van der Waals surface area contributed by atoms with Crippen LogP contribution in [0.25, 0.3) is 0 Å². The van der Waals surface area contributed by atoms with Crippen molar-refractivity contribution in [3.8, 4) is 0 Å². The first-order valence-electron chi connectivity index (χ1n) is 5.80. The van der Waals surface area contributed by atoms with Crippen LogP contribution in [0.5, 0.6) is 0 Å². The Labute approximate surface area is 104 Å². The molecule has 1 aromatic carbocycles. The molecule has 1 heterocycles. The number of hydrogen-bond acceptors (Lipinski definition) is 3. The highest BCUT2D eigenvalue weighted by atomic mass is 19.1. The van der Waals surface area contributed by atoms with Gasteiger partial charge in [0.1, 0.15) is 5.82 Å². The molecule has 18 heavy (non-hydrogen) atoms. The molecule has 1 aliphatic rings. The Balaban J connectivity index is 2.06. The van der Waals surface area contributed by atoms with Crippen molar-refractivity contribution >= 4 is 5.97 Å². The van der Waals surface area contributed by atoms with E-state index in [1.807, 2.05) is 0 Å². The van der Waals surface area contributed by atoms with Crippen LogP contribution in [-0.2, 0) is 20.1 Å². The summed E-state index contributed by atoms with van der Waals surface area (Å²) in [6, 6.07) is 6.26. The van der Waals surface area contributed by atoms with E-state index in [2.05, 4.69) is 0 Å². The summed E-state index contributed by atoms with van der Waals surface area (Å²) in [5.74, 6) is -2.40. The SMILES string of the molecule is CC1(c2ccccc2F)OCC(CCC(=O)O)O1. The van der Waals surface area contributed by atoms with Crippen LogP contribution in [0.3, 0.4) is 0 Å². The fourth-order valence-electron chi connectivity index (χ4n) is 2.04. The number of hydrogen-bond donors (Lipinski definition) is 1. The first-order valence-corrected chi connectivity index (χ1v) is 5.80. The Morgan fingerprint density at radius 2 is 2.28 bits per heavy atom. The van der Waals surface area contributed by atoms with Gasteiger partial charge in [-0.2, -0.15) is 0 Å². The standard InChI is InChI=1S/C13H15FO4/c1-13(10-4-2-3-5-11(10)14)17-8-9(18-13)6-7-12(15)16/h2-5,9H,6-8H2,1H3,(H,15,16). The quantitative estimate of drug-likeness (QED) is 0.895. The second-order valence-corrected chi connectivity index (χ2v) is 4.41. The molecule has 0 saturated carbocycles. The molecule has 0 bridgehead atoms. The van der Waals surface area contributed by atoms with Gasteiger partial charge < -0.3 is 14.6 Å². The molecule has 1 saturated heterocycles. The zero-order valence-corrected chi connectivity index (χ0v) is 10.1. The number of rotatable bonds is 4. The summed E-state index contributed by atoms with van der Waals surface area (Å²) in [6.45, 7) is 1.92. The Bertz CT molecular complexity index is 448. The van der Waals surface area contributed by atoms with Gasteiger partial charge in [0.25, 0.3) is 0 Å². The highest BCUT2D eigenvalue weighted by molar-refractivity contribution is 5.66. The van der Waals surface area contributed by atoms with E-state index in [0.717, 1.165) is 0 Å². The Morgan fingerprint density at radius 1 is 1.56 bits per heavy atom. The van der Waals surface area contributed by atoms with Crippen molar-refractivity contribution in [1.29, 1.82) is 0 Å². The molecule has 0 radical (unpaired) electrons. The van der Waals surface area contributed by atoms with Gasteiger partial charge in [0.2, 0.25) is 0 Å². The van der Waals surface area contributed by atoms with Gasteiger partial charge in [0.15, 0.2) is 5.79 Å². The lowest BCUT2D eigenvalue weighted by Gasteiger charge is -2.24. The van der Waals surface area contributed by atoms with Crippen molar-refractivity contribution < 1.29 is 23.8 Å². The minimum Gasteiger partial charge on any atom is -0.481 e. The van der Waals surface area contributed by atoms with Crippen molar-refractivity contribution in [1.82, 2.24) is 0 Å². The lowest BCUT2D eigenvalue weighted by atomic mass is 10.1. The molecule has 1 N–H and O–H groups in total. The van der Waals surface area contributed by atoms with E-state index < -0.39 is 11.8 Å². The van der Waals surface area contributed by atoms with Crippen molar-refractivity contribution in [2.75, 3.05) is 6.61 Å². The molecule has 0 spiro atoms. The number of ether oxygens (including phenoxy) is 2. The summed E-state index contributed by atoms with van der Waals surface area (Å²) in [5, 5.41) is 8.61. The number of carboxylic acids is 1. The Hall–Kier alpha value is -1.46. The van der Waals surface area contributed by atoms with Crippen molar-refractivity contribution in [3.63, 3.8) is 0 Å². The largest absolute Gasteiger partial charge is 0.481 e. The van der Waals surface area contributed by atoms with Gasteiger partial charge in [0, 0.05) is 12.0 Å². The van der Waals surface area contributed by atoms with Crippen LogP contribution >= 0.6 is 0 Å². The number of benzene rings is 1. The highest BCUT2D eigenvalue weighted by Gasteiger charge is 2.40. The fourth-order valence-corrected chi connectivity index (χ4v) is 2.04. The topological polar surface area (TPSA) is 55.8 Å². The van der Waals surface area contributed by atoms with Crippen LogP contribution in [0.4, 0.5) is 4.39 Å². The predicted molar refractivity (Wildman–Crippen MR) is 61.4 cm³/mol. The summed E-state index contributed by atoms with van der Waals surface area (Å²) in [7, 11) is 0. The molecule has 5 heteroatoms. The maximum Gasteiger partial charge on any atom is 0.303 e. The van der Waals surface area contributed by atoms with Gasteiger partial charge in [-0.15, -0.1) is 0 Å². The minimum absolute atomic E-state index is 0.0153. The number of halogens is 1. The Kier molecular flexibility index (Phi) is 3.63. The third-order valence-corrected chi connectivity index (χ3v) is 2.98. The molecule has 0 aliphatic carbocycles. The van der Waals surface area contributed by atoms with Crippen molar-refractivity contribution in [2.24, 2.45) is 0 Å². The van der Waals surface area contributed by atoms with Crippen LogP contribution in [-0.4, -0.2) is 23.8 Å². The van der Waals surface area contributed by atoms with E-state index >= 15 is 0 Å².